The van der Waals surface area contributed by atoms with Gasteiger partial charge in [0.2, 0.25) is 0 Å². The Morgan fingerprint density at radius 1 is 1.22 bits per heavy atom. The fourth-order valence-electron chi connectivity index (χ4n) is 4.66. The molecule has 0 spiro atoms. The second-order valence-corrected chi connectivity index (χ2v) is 7.59. The van der Waals surface area contributed by atoms with Gasteiger partial charge in [-0.2, -0.15) is 0 Å². The molecule has 2 bridgehead atoms. The zero-order valence-corrected chi connectivity index (χ0v) is 14.3. The van der Waals surface area contributed by atoms with Gasteiger partial charge in [0.25, 0.3) is 0 Å². The molecule has 0 saturated carbocycles. The van der Waals surface area contributed by atoms with E-state index in [1.165, 1.54) is 72.9 Å². The number of allylic oxidation sites excluding steroid dienone is 1. The minimum atomic E-state index is 0.609. The molecule has 3 aliphatic heterocycles. The van der Waals surface area contributed by atoms with Gasteiger partial charge in [0.05, 0.1) is 0 Å². The minimum Gasteiger partial charge on any atom is -0.361 e. The Labute approximate surface area is 139 Å². The van der Waals surface area contributed by atoms with Crippen LogP contribution in [0.2, 0.25) is 0 Å². The normalized spacial score (nSPS) is 26.7. The maximum atomic E-state index is 4.45. The third kappa shape index (κ3) is 2.63. The number of aryl methyl sites for hydroxylation is 1. The van der Waals surface area contributed by atoms with E-state index in [-0.39, 0.29) is 0 Å². The van der Waals surface area contributed by atoms with Crippen molar-refractivity contribution in [2.75, 3.05) is 19.6 Å². The number of benzene rings is 1. The zero-order chi connectivity index (χ0) is 15.9. The van der Waals surface area contributed by atoms with Crippen LogP contribution < -0.4 is 0 Å². The van der Waals surface area contributed by atoms with E-state index in [1.54, 1.807) is 0 Å². The molecule has 3 saturated heterocycles. The fraction of sp³-hybridized carbons (Fsp3) is 0.524. The van der Waals surface area contributed by atoms with Gasteiger partial charge >= 0.3 is 0 Å². The number of H-pyrrole nitrogens is 1. The molecule has 3 aliphatic rings. The summed E-state index contributed by atoms with van der Waals surface area (Å²) in [5.41, 5.74) is 5.97. The summed E-state index contributed by atoms with van der Waals surface area (Å²) in [6.45, 7) is 10.7. The van der Waals surface area contributed by atoms with E-state index in [0.29, 0.717) is 5.41 Å². The van der Waals surface area contributed by atoms with Crippen molar-refractivity contribution in [2.24, 2.45) is 5.41 Å². The van der Waals surface area contributed by atoms with E-state index >= 15 is 0 Å². The average Bonchev–Trinajstić information content (AvgIpc) is 3.05. The Morgan fingerprint density at radius 3 is 2.65 bits per heavy atom. The maximum Gasteiger partial charge on any atom is 0.0463 e. The summed E-state index contributed by atoms with van der Waals surface area (Å²) in [5.74, 6) is 0. The average molecular weight is 308 g/mol. The Morgan fingerprint density at radius 2 is 1.96 bits per heavy atom. The molecule has 0 unspecified atom stereocenters. The number of aromatic nitrogens is 1. The predicted molar refractivity (Wildman–Crippen MR) is 98.7 cm³/mol. The smallest absolute Gasteiger partial charge is 0.0463 e. The second-order valence-electron chi connectivity index (χ2n) is 7.59. The first-order chi connectivity index (χ1) is 11.2. The van der Waals surface area contributed by atoms with E-state index in [9.17, 15) is 0 Å². The lowest BCUT2D eigenvalue weighted by atomic mass is 9.68. The number of nitrogens with zero attached hydrogens (tertiary/aromatic N) is 1. The molecule has 2 aromatic rings. The van der Waals surface area contributed by atoms with E-state index in [4.69, 9.17) is 0 Å². The summed E-state index contributed by atoms with van der Waals surface area (Å²) >= 11 is 0. The Kier molecular flexibility index (Phi) is 3.81. The molecule has 0 atom stereocenters. The highest BCUT2D eigenvalue weighted by atomic mass is 15.1. The molecule has 1 aromatic heterocycles. The predicted octanol–water partition coefficient (Wildman–Crippen LogP) is 5.01. The summed E-state index contributed by atoms with van der Waals surface area (Å²) in [4.78, 5) is 6.07. The number of piperidine rings is 3. The van der Waals surface area contributed by atoms with Crippen molar-refractivity contribution >= 4 is 16.5 Å². The van der Waals surface area contributed by atoms with Gasteiger partial charge in [-0.05, 0) is 80.8 Å². The van der Waals surface area contributed by atoms with Crippen molar-refractivity contribution < 1.29 is 0 Å². The van der Waals surface area contributed by atoms with Gasteiger partial charge < -0.3 is 9.88 Å². The van der Waals surface area contributed by atoms with Crippen LogP contribution in [0.25, 0.3) is 16.5 Å². The topological polar surface area (TPSA) is 19.0 Å². The Balaban J connectivity index is 1.53. The largest absolute Gasteiger partial charge is 0.361 e. The maximum absolute atomic E-state index is 4.45. The van der Waals surface area contributed by atoms with Crippen LogP contribution in [0.4, 0.5) is 0 Å². The van der Waals surface area contributed by atoms with Gasteiger partial charge in [-0.15, -0.1) is 0 Å². The van der Waals surface area contributed by atoms with Gasteiger partial charge in [-0.3, -0.25) is 0 Å². The molecule has 3 fully saturated rings. The van der Waals surface area contributed by atoms with Crippen molar-refractivity contribution in [1.29, 1.82) is 0 Å². The summed E-state index contributed by atoms with van der Waals surface area (Å²) in [5, 5.41) is 1.40. The molecule has 5 rings (SSSR count). The molecule has 4 heterocycles. The number of nitrogens with one attached hydrogen (secondary N) is 1. The molecule has 0 amide bonds. The highest BCUT2D eigenvalue weighted by Gasteiger charge is 2.38. The van der Waals surface area contributed by atoms with Gasteiger partial charge in [0.15, 0.2) is 0 Å². The monoisotopic (exact) mass is 308 g/mol. The lowest BCUT2D eigenvalue weighted by Gasteiger charge is -2.48. The van der Waals surface area contributed by atoms with Crippen LogP contribution in [0.5, 0.6) is 0 Å². The first kappa shape index (κ1) is 15.0. The van der Waals surface area contributed by atoms with Crippen molar-refractivity contribution in [3.8, 4) is 0 Å². The van der Waals surface area contributed by atoms with Crippen LogP contribution in [0, 0.1) is 5.41 Å². The third-order valence-corrected chi connectivity index (χ3v) is 6.39. The van der Waals surface area contributed by atoms with E-state index < -0.39 is 0 Å². The van der Waals surface area contributed by atoms with Crippen molar-refractivity contribution in [3.05, 3.63) is 42.1 Å². The third-order valence-electron chi connectivity index (χ3n) is 6.39. The number of hydrogen-bond donors (Lipinski definition) is 1. The molecule has 2 nitrogen and oxygen atoms in total. The molecule has 0 aliphatic carbocycles. The summed E-state index contributed by atoms with van der Waals surface area (Å²) in [6.07, 6.45) is 9.91. The van der Waals surface area contributed by atoms with Crippen molar-refractivity contribution in [1.82, 2.24) is 9.88 Å². The summed E-state index contributed by atoms with van der Waals surface area (Å²) < 4.78 is 0. The fourth-order valence-corrected chi connectivity index (χ4v) is 4.66. The molecule has 1 N–H and O–H groups in total. The van der Waals surface area contributed by atoms with Gasteiger partial charge in [0.1, 0.15) is 0 Å². The van der Waals surface area contributed by atoms with Crippen LogP contribution >= 0.6 is 0 Å². The van der Waals surface area contributed by atoms with E-state index in [0.717, 1.165) is 12.8 Å². The first-order valence-corrected chi connectivity index (χ1v) is 9.20. The number of hydrogen-bond acceptors (Lipinski definition) is 1. The molecular formula is C21H28N2. The minimum absolute atomic E-state index is 0.609. The number of fused-ring (bicyclic) bond motifs is 4. The molecule has 0 radical (unpaired) electrons. The van der Waals surface area contributed by atoms with Gasteiger partial charge in [0, 0.05) is 22.7 Å². The summed E-state index contributed by atoms with van der Waals surface area (Å²) in [6, 6.07) is 6.59. The van der Waals surface area contributed by atoms with Crippen LogP contribution in [0.15, 0.2) is 31.0 Å². The zero-order valence-electron chi connectivity index (χ0n) is 14.3. The van der Waals surface area contributed by atoms with Crippen LogP contribution in [-0.2, 0) is 6.42 Å². The molecule has 23 heavy (non-hydrogen) atoms. The lowest BCUT2D eigenvalue weighted by Crippen LogP contribution is -2.48. The Hall–Kier alpha value is -1.54. The Bertz CT molecular complexity index is 703. The molecule has 122 valence electrons. The number of rotatable bonds is 5. The van der Waals surface area contributed by atoms with Crippen LogP contribution in [0.3, 0.4) is 0 Å². The van der Waals surface area contributed by atoms with Crippen molar-refractivity contribution in [3.63, 3.8) is 0 Å². The standard InChI is InChI=1S/C21H28N2/c1-3-17-5-4-6-19-20(17)18(15-22-19)16(2)7-8-21-9-12-23(13-10-21)14-11-21/h4-6,15,22H,2-3,7-14H2,1H3. The van der Waals surface area contributed by atoms with Crippen LogP contribution in [0.1, 0.15) is 50.2 Å². The quantitative estimate of drug-likeness (QED) is 0.822. The highest BCUT2D eigenvalue weighted by Crippen LogP contribution is 2.45. The molecule has 2 heteroatoms. The summed E-state index contributed by atoms with van der Waals surface area (Å²) in [7, 11) is 0. The van der Waals surface area contributed by atoms with Gasteiger partial charge in [-0.25, -0.2) is 0 Å². The molecule has 1 aromatic carbocycles. The van der Waals surface area contributed by atoms with Gasteiger partial charge in [-0.1, -0.05) is 25.6 Å². The highest BCUT2D eigenvalue weighted by molar-refractivity contribution is 5.94. The van der Waals surface area contributed by atoms with E-state index in [1.807, 2.05) is 0 Å². The first-order valence-electron chi connectivity index (χ1n) is 9.20. The van der Waals surface area contributed by atoms with E-state index in [2.05, 4.69) is 47.8 Å². The number of aromatic amines is 1. The van der Waals surface area contributed by atoms with Crippen LogP contribution in [-0.4, -0.2) is 29.5 Å². The molecular weight excluding hydrogens is 280 g/mol. The van der Waals surface area contributed by atoms with Crippen molar-refractivity contribution in [2.45, 2.75) is 45.4 Å². The second kappa shape index (κ2) is 5.83. The lowest BCUT2D eigenvalue weighted by molar-refractivity contribution is 0.0211. The SMILES string of the molecule is C=C(CCC12CCN(CC1)CC2)c1c[nH]c2cccc(CC)c12.